The maximum atomic E-state index is 13.7. The van der Waals surface area contributed by atoms with Crippen molar-refractivity contribution < 1.29 is 9.18 Å². The third-order valence-electron chi connectivity index (χ3n) is 2.85. The molecule has 0 aliphatic carbocycles. The van der Waals surface area contributed by atoms with Gasteiger partial charge < -0.3 is 0 Å². The van der Waals surface area contributed by atoms with Crippen LogP contribution in [0.25, 0.3) is 0 Å². The van der Waals surface area contributed by atoms with E-state index in [1.165, 1.54) is 10.7 Å². The second-order valence-electron chi connectivity index (χ2n) is 4.17. The molecule has 1 heterocycles. The molecule has 3 nitrogen and oxygen atoms in total. The second-order valence-corrected chi connectivity index (χ2v) is 5.39. The van der Waals surface area contributed by atoms with Crippen molar-refractivity contribution in [3.8, 4) is 0 Å². The second kappa shape index (κ2) is 5.43. The number of hydrogen-bond acceptors (Lipinski definition) is 2. The Bertz CT molecular complexity index is 634. The first-order chi connectivity index (χ1) is 8.91. The molecule has 0 amide bonds. The van der Waals surface area contributed by atoms with Gasteiger partial charge in [-0.3, -0.25) is 9.48 Å². The first-order valence-electron chi connectivity index (χ1n) is 5.57. The zero-order valence-electron chi connectivity index (χ0n) is 10.4. The number of benzene rings is 1. The van der Waals surface area contributed by atoms with Crippen LogP contribution in [0.5, 0.6) is 0 Å². The number of rotatable bonds is 3. The molecule has 0 aliphatic heterocycles. The number of hydrogen-bond donors (Lipinski definition) is 0. The maximum Gasteiger partial charge on any atom is 0.171 e. The van der Waals surface area contributed by atoms with E-state index in [1.54, 1.807) is 26.1 Å². The summed E-state index contributed by atoms with van der Waals surface area (Å²) in [5.74, 6) is -0.875. The van der Waals surface area contributed by atoms with Crippen molar-refractivity contribution in [3.05, 3.63) is 50.5 Å². The Morgan fingerprint density at radius 1 is 1.53 bits per heavy atom. The fourth-order valence-corrected chi connectivity index (χ4v) is 2.69. The average Bonchev–Trinajstić information content (AvgIpc) is 2.56. The Balaban J connectivity index is 2.36. The van der Waals surface area contributed by atoms with Crippen LogP contribution in [0, 0.1) is 12.7 Å². The molecule has 1 aromatic carbocycles. The molecule has 0 saturated heterocycles. The van der Waals surface area contributed by atoms with Gasteiger partial charge in [0.15, 0.2) is 5.78 Å². The Labute approximate surface area is 123 Å². The molecule has 0 saturated carbocycles. The van der Waals surface area contributed by atoms with Crippen LogP contribution in [0.3, 0.4) is 0 Å². The van der Waals surface area contributed by atoms with E-state index in [0.29, 0.717) is 20.9 Å². The molecule has 0 fully saturated rings. The lowest BCUT2D eigenvalue weighted by Crippen LogP contribution is -2.08. The lowest BCUT2D eigenvalue weighted by atomic mass is 10.0. The van der Waals surface area contributed by atoms with Crippen molar-refractivity contribution in [2.75, 3.05) is 0 Å². The molecule has 100 valence electrons. The van der Waals surface area contributed by atoms with E-state index in [0.717, 1.165) is 0 Å². The molecule has 0 bridgehead atoms. The number of halogens is 3. The summed E-state index contributed by atoms with van der Waals surface area (Å²) in [6.45, 7) is 1.77. The van der Waals surface area contributed by atoms with Crippen LogP contribution < -0.4 is 0 Å². The number of Topliss-reactive ketones (excluding diaryl/α,β-unsaturated/α-hetero) is 1. The van der Waals surface area contributed by atoms with Crippen molar-refractivity contribution in [1.29, 1.82) is 0 Å². The summed E-state index contributed by atoms with van der Waals surface area (Å²) < 4.78 is 15.6. The van der Waals surface area contributed by atoms with Gasteiger partial charge in [0.2, 0.25) is 0 Å². The molecule has 0 N–H and O–H groups in total. The summed E-state index contributed by atoms with van der Waals surface area (Å²) in [5.41, 5.74) is 1.35. The van der Waals surface area contributed by atoms with Crippen molar-refractivity contribution in [3.63, 3.8) is 0 Å². The zero-order valence-corrected chi connectivity index (χ0v) is 12.7. The number of carbonyl (C=O) groups is 1. The number of aryl methyl sites for hydroxylation is 2. The van der Waals surface area contributed by atoms with Crippen LogP contribution >= 0.6 is 27.5 Å². The molecule has 0 spiro atoms. The van der Waals surface area contributed by atoms with Gasteiger partial charge in [-0.1, -0.05) is 17.7 Å². The normalized spacial score (nSPS) is 10.8. The number of carbonyl (C=O) groups excluding carboxylic acids is 1. The van der Waals surface area contributed by atoms with Gasteiger partial charge in [-0.05, 0) is 35.0 Å². The smallest absolute Gasteiger partial charge is 0.171 e. The molecule has 1 aromatic heterocycles. The van der Waals surface area contributed by atoms with E-state index in [1.807, 2.05) is 0 Å². The van der Waals surface area contributed by atoms with Gasteiger partial charge in [-0.25, -0.2) is 4.39 Å². The van der Waals surface area contributed by atoms with Crippen LogP contribution in [0.1, 0.15) is 21.6 Å². The van der Waals surface area contributed by atoms with Gasteiger partial charge in [0.25, 0.3) is 0 Å². The Kier molecular flexibility index (Phi) is 4.06. The van der Waals surface area contributed by atoms with E-state index < -0.39 is 5.82 Å². The average molecular weight is 346 g/mol. The summed E-state index contributed by atoms with van der Waals surface area (Å²) in [6.07, 6.45) is 0.0258. The summed E-state index contributed by atoms with van der Waals surface area (Å²) >= 11 is 9.26. The van der Waals surface area contributed by atoms with Crippen molar-refractivity contribution in [2.45, 2.75) is 13.3 Å². The summed E-state index contributed by atoms with van der Waals surface area (Å²) in [4.78, 5) is 12.2. The van der Waals surface area contributed by atoms with Crippen LogP contribution in [0.2, 0.25) is 5.15 Å². The van der Waals surface area contributed by atoms with Crippen molar-refractivity contribution in [1.82, 2.24) is 9.78 Å². The SMILES string of the molecule is Cc1nn(C)c(Cl)c1CC(=O)c1c(F)cccc1Br. The van der Waals surface area contributed by atoms with Crippen LogP contribution in [0.15, 0.2) is 22.7 Å². The Morgan fingerprint density at radius 3 is 2.74 bits per heavy atom. The number of ketones is 1. The molecule has 0 unspecified atom stereocenters. The molecule has 0 atom stereocenters. The van der Waals surface area contributed by atoms with E-state index in [2.05, 4.69) is 21.0 Å². The third-order valence-corrected chi connectivity index (χ3v) is 3.98. The van der Waals surface area contributed by atoms with Gasteiger partial charge in [0.1, 0.15) is 11.0 Å². The molecule has 0 aliphatic rings. The standard InChI is InChI=1S/C13H11BrClFN2O/c1-7-8(13(15)18(2)17-7)6-11(19)12-9(14)4-3-5-10(12)16/h3-5H,6H2,1-2H3. The third kappa shape index (κ3) is 2.72. The predicted molar refractivity (Wildman–Crippen MR) is 75.1 cm³/mol. The van der Waals surface area contributed by atoms with Gasteiger partial charge in [-0.2, -0.15) is 5.10 Å². The van der Waals surface area contributed by atoms with Gasteiger partial charge in [-0.15, -0.1) is 0 Å². The molecule has 0 radical (unpaired) electrons. The van der Waals surface area contributed by atoms with E-state index in [4.69, 9.17) is 11.6 Å². The number of nitrogens with zero attached hydrogens (tertiary/aromatic N) is 2. The Hall–Kier alpha value is -1.20. The summed E-state index contributed by atoms with van der Waals surface area (Å²) in [7, 11) is 1.70. The molecule has 2 aromatic rings. The van der Waals surface area contributed by atoms with Crippen LogP contribution in [0.4, 0.5) is 4.39 Å². The van der Waals surface area contributed by atoms with Gasteiger partial charge in [0.05, 0.1) is 11.3 Å². The highest BCUT2D eigenvalue weighted by atomic mass is 79.9. The molecular formula is C13H11BrClFN2O. The lowest BCUT2D eigenvalue weighted by molar-refractivity contribution is 0.0988. The number of aromatic nitrogens is 2. The van der Waals surface area contributed by atoms with Crippen molar-refractivity contribution in [2.24, 2.45) is 7.05 Å². The first kappa shape index (κ1) is 14.2. The fourth-order valence-electron chi connectivity index (χ4n) is 1.89. The van der Waals surface area contributed by atoms with Gasteiger partial charge >= 0.3 is 0 Å². The van der Waals surface area contributed by atoms with E-state index in [-0.39, 0.29) is 17.8 Å². The molecule has 2 rings (SSSR count). The monoisotopic (exact) mass is 344 g/mol. The van der Waals surface area contributed by atoms with Crippen molar-refractivity contribution >= 4 is 33.3 Å². The first-order valence-corrected chi connectivity index (χ1v) is 6.74. The zero-order chi connectivity index (χ0) is 14.2. The highest BCUT2D eigenvalue weighted by Gasteiger charge is 2.20. The van der Waals surface area contributed by atoms with E-state index in [9.17, 15) is 9.18 Å². The van der Waals surface area contributed by atoms with Crippen LogP contribution in [-0.2, 0) is 13.5 Å². The largest absolute Gasteiger partial charge is 0.294 e. The highest BCUT2D eigenvalue weighted by Crippen LogP contribution is 2.25. The molecule has 19 heavy (non-hydrogen) atoms. The highest BCUT2D eigenvalue weighted by molar-refractivity contribution is 9.10. The summed E-state index contributed by atoms with van der Waals surface area (Å²) in [6, 6.07) is 4.43. The van der Waals surface area contributed by atoms with Crippen LogP contribution in [-0.4, -0.2) is 15.6 Å². The Morgan fingerprint density at radius 2 is 2.21 bits per heavy atom. The quantitative estimate of drug-likeness (QED) is 0.795. The predicted octanol–water partition coefficient (Wildman–Crippen LogP) is 3.71. The minimum Gasteiger partial charge on any atom is -0.294 e. The maximum absolute atomic E-state index is 13.7. The van der Waals surface area contributed by atoms with E-state index >= 15 is 0 Å². The van der Waals surface area contributed by atoms with Gasteiger partial charge in [0, 0.05) is 23.5 Å². The summed E-state index contributed by atoms with van der Waals surface area (Å²) in [5, 5.41) is 4.53. The fraction of sp³-hybridized carbons (Fsp3) is 0.231. The molecule has 6 heteroatoms. The topological polar surface area (TPSA) is 34.9 Å². The minimum absolute atomic E-state index is 0.0258. The lowest BCUT2D eigenvalue weighted by Gasteiger charge is -2.05. The molecular weight excluding hydrogens is 335 g/mol. The minimum atomic E-state index is -0.544.